The van der Waals surface area contributed by atoms with Crippen molar-refractivity contribution in [2.75, 3.05) is 52.9 Å². The predicted molar refractivity (Wildman–Crippen MR) is 287 cm³/mol. The molecule has 0 aromatic heterocycles. The third kappa shape index (κ3) is 16.6. The molecule has 8 saturated heterocycles. The van der Waals surface area contributed by atoms with Crippen molar-refractivity contribution in [3.05, 3.63) is 0 Å². The van der Waals surface area contributed by atoms with Crippen molar-refractivity contribution in [1.82, 2.24) is 0 Å². The highest BCUT2D eigenvalue weighted by molar-refractivity contribution is 5.76. The number of hydrogen-bond donors (Lipinski definition) is 28. The maximum atomic E-state index is 13.6. The van der Waals surface area contributed by atoms with Crippen LogP contribution in [0.15, 0.2) is 0 Å². The Morgan fingerprint density at radius 3 is 1.23 bits per heavy atom. The number of aliphatic hydroxyl groups excluding tert-OH is 25. The average molecular weight is 1430 g/mol. The molecule has 28 N–H and O–H groups in total. The second kappa shape index (κ2) is 33.4. The second-order valence-electron chi connectivity index (χ2n) is 24.4. The lowest BCUT2D eigenvalue weighted by Crippen LogP contribution is -2.70. The van der Waals surface area contributed by atoms with E-state index in [4.69, 9.17) is 71.1 Å². The largest absolute Gasteiger partial charge is 0.477 e. The highest BCUT2D eigenvalue weighted by atomic mass is 16.8. The van der Waals surface area contributed by atoms with E-state index in [2.05, 4.69) is 0 Å². The molecule has 0 aliphatic carbocycles. The summed E-state index contributed by atoms with van der Waals surface area (Å²) in [5.41, 5.74) is 0. The Hall–Kier alpha value is -2.70. The molecule has 8 rings (SSSR count). The number of carboxylic acid groups (broad SMARTS) is 2. The minimum Gasteiger partial charge on any atom is -0.477 e. The molecule has 45 heteroatoms. The van der Waals surface area contributed by atoms with E-state index in [-0.39, 0.29) is 0 Å². The molecule has 0 radical (unpaired) electrons. The molecule has 0 bridgehead atoms. The number of rotatable bonds is 26. The Balaban J connectivity index is 1.15. The van der Waals surface area contributed by atoms with Gasteiger partial charge in [-0.25, -0.2) is 9.59 Å². The lowest BCUT2D eigenvalue weighted by atomic mass is 9.89. The summed E-state index contributed by atoms with van der Waals surface area (Å²) in [7, 11) is 0. The van der Waals surface area contributed by atoms with Crippen LogP contribution in [0.2, 0.25) is 0 Å². The molecule has 45 nitrogen and oxygen atoms in total. The summed E-state index contributed by atoms with van der Waals surface area (Å²) in [6, 6.07) is 0. The molecule has 40 atom stereocenters. The summed E-state index contributed by atoms with van der Waals surface area (Å²) in [5.74, 6) is -11.8. The zero-order valence-corrected chi connectivity index (χ0v) is 50.5. The summed E-state index contributed by atoms with van der Waals surface area (Å²) in [5, 5.41) is 303. The van der Waals surface area contributed by atoms with Gasteiger partial charge in [0.1, 0.15) is 183 Å². The SMILES string of the molecule is O=C(O)[C@@]1(O[C@@H]2C[C@](O)(C(=O)O)O[C@H]([C@H](O)CO)[C@@H]2O[C@H]2O[C@H](CO[C@H]3O[C@H](CO)[C@@H](O)[C@H](O)[C@@H]3O)[C@@H](O)[C@H](O[C@H]3O[C@H](CO)[C@@H](O)[C@H](O)[C@@H]3O[C@H]3O[C@H](CO)[C@@H](O)[C@H](O)[C@@H]3O[C@H]3O[C@H](CO)[C@@H](O)[C@H](O)[C@@H]3O)[C@@H]2O)C[C@@H](O)[C@@H](O)[C@@H]([C@H](O)CO[C@@H]2O[C@H](CO)[C@H](O)[C@H](O)[C@H]2O)O1. The van der Waals surface area contributed by atoms with Gasteiger partial charge < -0.3 is 214 Å². The third-order valence-corrected chi connectivity index (χ3v) is 17.8. The van der Waals surface area contributed by atoms with E-state index in [1.54, 1.807) is 0 Å². The lowest BCUT2D eigenvalue weighted by molar-refractivity contribution is -0.412. The van der Waals surface area contributed by atoms with Gasteiger partial charge in [0.25, 0.3) is 11.6 Å². The van der Waals surface area contributed by atoms with Crippen molar-refractivity contribution in [2.45, 2.75) is 257 Å². The fourth-order valence-electron chi connectivity index (χ4n) is 12.1. The van der Waals surface area contributed by atoms with Crippen LogP contribution in [-0.4, -0.2) is 452 Å². The van der Waals surface area contributed by atoms with Crippen LogP contribution in [0.1, 0.15) is 12.8 Å². The topological polar surface area (TPSA) is 739 Å². The molecule has 8 heterocycles. The number of aliphatic carboxylic acids is 2. The molecule has 0 aromatic carbocycles. The highest BCUT2D eigenvalue weighted by Crippen LogP contribution is 2.43. The van der Waals surface area contributed by atoms with Crippen LogP contribution in [0.3, 0.4) is 0 Å². The summed E-state index contributed by atoms with van der Waals surface area (Å²) in [4.78, 5) is 26.4. The van der Waals surface area contributed by atoms with E-state index >= 15 is 0 Å². The van der Waals surface area contributed by atoms with Gasteiger partial charge in [-0.3, -0.25) is 0 Å². The Labute approximate surface area is 545 Å². The Kier molecular flexibility index (Phi) is 27.5. The molecule has 97 heavy (non-hydrogen) atoms. The number of carbonyl (C=O) groups is 2. The smallest absolute Gasteiger partial charge is 0.364 e. The van der Waals surface area contributed by atoms with E-state index in [0.717, 1.165) is 0 Å². The molecular formula is C52H86O45. The van der Waals surface area contributed by atoms with Crippen LogP contribution >= 0.6 is 0 Å². The fourth-order valence-corrected chi connectivity index (χ4v) is 12.1. The van der Waals surface area contributed by atoms with Crippen LogP contribution in [0, 0.1) is 0 Å². The zero-order chi connectivity index (χ0) is 71.8. The van der Waals surface area contributed by atoms with Crippen LogP contribution in [0.5, 0.6) is 0 Å². The van der Waals surface area contributed by atoms with Crippen LogP contribution in [-0.2, 0) is 80.6 Å². The molecule has 0 spiro atoms. The van der Waals surface area contributed by atoms with Crippen LogP contribution in [0.25, 0.3) is 0 Å². The zero-order valence-electron chi connectivity index (χ0n) is 50.5. The van der Waals surface area contributed by atoms with Crippen molar-refractivity contribution < 1.29 is 224 Å². The first kappa shape index (κ1) is 80.0. The third-order valence-electron chi connectivity index (χ3n) is 17.8. The molecule has 0 aromatic rings. The Morgan fingerprint density at radius 1 is 0.381 bits per heavy atom. The minimum atomic E-state index is -3.65. The van der Waals surface area contributed by atoms with Gasteiger partial charge in [0.2, 0.25) is 0 Å². The standard InChI is InChI=1S/C52H86O45/c53-3-12(60)38-39(14(2-51(82,96-38)49(78)79)95-52(50(80)81)1-11(59)21(62)37(97-52)13(61)9-83-43-33(74)28(69)22(63)15(4-54)85-43)91-46-36(77)40(27(68)20(90-46)10-84-44-34(75)29(70)23(64)16(5-55)86-44)92-47-42(32(73)26(67)18(7-57)88-47)94-48-41(31(72)25(66)19(8-58)89-48)93-45-35(76)30(71)24(65)17(6-56)87-45/h11-48,53-77,82H,1-10H2,(H,78,79)(H,80,81)/t11-,12-,13-,14-,15-,16-,17-,18-,19-,20-,21-,22+,23-,24-,25-,26-,27-,28+,29+,30+,31+,32+,33-,34+,35+,36+,37-,38-,39-,40+,41+,42+,43-,44+,45-,46-,47-,48-,51-,52-/m1/s1. The first-order valence-corrected chi connectivity index (χ1v) is 30.3. The van der Waals surface area contributed by atoms with E-state index in [1.807, 2.05) is 0 Å². The van der Waals surface area contributed by atoms with E-state index in [9.17, 15) is 153 Å². The number of hydrogen-bond acceptors (Lipinski definition) is 43. The Morgan fingerprint density at radius 2 is 0.773 bits per heavy atom. The summed E-state index contributed by atoms with van der Waals surface area (Å²) < 4.78 is 85.2. The van der Waals surface area contributed by atoms with Crippen LogP contribution < -0.4 is 0 Å². The summed E-state index contributed by atoms with van der Waals surface area (Å²) in [6.45, 7) is -9.18. The van der Waals surface area contributed by atoms with Gasteiger partial charge in [0.15, 0.2) is 37.7 Å². The van der Waals surface area contributed by atoms with Gasteiger partial charge >= 0.3 is 11.9 Å². The van der Waals surface area contributed by atoms with Crippen molar-refractivity contribution >= 4 is 11.9 Å². The normalized spacial score (nSPS) is 50.7. The predicted octanol–water partition coefficient (Wildman–Crippen LogP) is -18.8. The fraction of sp³-hybridized carbons (Fsp3) is 0.962. The van der Waals surface area contributed by atoms with Crippen LogP contribution in [0.4, 0.5) is 0 Å². The number of carboxylic acids is 2. The van der Waals surface area contributed by atoms with Gasteiger partial charge in [-0.1, -0.05) is 0 Å². The van der Waals surface area contributed by atoms with Gasteiger partial charge in [0, 0.05) is 12.8 Å². The van der Waals surface area contributed by atoms with E-state index in [1.165, 1.54) is 0 Å². The van der Waals surface area contributed by atoms with Gasteiger partial charge in [0.05, 0.1) is 65.1 Å². The number of aliphatic hydroxyl groups is 26. The molecule has 8 fully saturated rings. The minimum absolute atomic E-state index is 0.950. The van der Waals surface area contributed by atoms with E-state index in [0.29, 0.717) is 0 Å². The first-order chi connectivity index (χ1) is 45.7. The molecule has 0 amide bonds. The van der Waals surface area contributed by atoms with E-state index < -0.39 is 322 Å². The second-order valence-corrected chi connectivity index (χ2v) is 24.4. The molecule has 0 unspecified atom stereocenters. The number of ether oxygens (including phenoxy) is 15. The maximum Gasteiger partial charge on any atom is 0.364 e. The van der Waals surface area contributed by atoms with Crippen molar-refractivity contribution in [2.24, 2.45) is 0 Å². The molecule has 564 valence electrons. The van der Waals surface area contributed by atoms with Gasteiger partial charge in [-0.05, 0) is 0 Å². The molecule has 0 saturated carbocycles. The maximum absolute atomic E-state index is 13.6. The van der Waals surface area contributed by atoms with Crippen molar-refractivity contribution in [3.63, 3.8) is 0 Å². The molecular weight excluding hydrogens is 1340 g/mol. The summed E-state index contributed by atoms with van der Waals surface area (Å²) in [6.07, 6.45) is -87.4. The monoisotopic (exact) mass is 1430 g/mol. The molecule has 8 aliphatic heterocycles. The molecule has 8 aliphatic rings. The first-order valence-electron chi connectivity index (χ1n) is 30.3. The van der Waals surface area contributed by atoms with Crippen molar-refractivity contribution in [1.29, 1.82) is 0 Å². The van der Waals surface area contributed by atoms with Gasteiger partial charge in [-0.2, -0.15) is 0 Å². The lowest BCUT2D eigenvalue weighted by Gasteiger charge is -2.52. The highest BCUT2D eigenvalue weighted by Gasteiger charge is 2.64. The quantitative estimate of drug-likeness (QED) is 0.0382. The van der Waals surface area contributed by atoms with Gasteiger partial charge in [-0.15, -0.1) is 0 Å². The Bertz CT molecular complexity index is 2480. The average Bonchev–Trinajstić information content (AvgIpc) is 0.753. The van der Waals surface area contributed by atoms with Crippen molar-refractivity contribution in [3.8, 4) is 0 Å². The summed E-state index contributed by atoms with van der Waals surface area (Å²) >= 11 is 0.